The van der Waals surface area contributed by atoms with Crippen LogP contribution < -0.4 is 25.3 Å². The number of piperidine rings is 3. The highest BCUT2D eigenvalue weighted by molar-refractivity contribution is 6.01. The van der Waals surface area contributed by atoms with Crippen molar-refractivity contribution in [3.8, 4) is 6.07 Å². The van der Waals surface area contributed by atoms with Crippen LogP contribution in [0.25, 0.3) is 0 Å². The second-order valence-electron chi connectivity index (χ2n) is 17.3. The van der Waals surface area contributed by atoms with Crippen LogP contribution in [0.4, 0.5) is 35.9 Å². The summed E-state index contributed by atoms with van der Waals surface area (Å²) in [6.45, 7) is 10.8. The number of imide groups is 1. The normalized spacial score (nSPS) is 23.0. The molecule has 3 aromatic carbocycles. The minimum atomic E-state index is -4.58. The Kier molecular flexibility index (Phi) is 11.5. The van der Waals surface area contributed by atoms with E-state index in [4.69, 9.17) is 0 Å². The van der Waals surface area contributed by atoms with Gasteiger partial charge in [0.25, 0.3) is 5.91 Å². The van der Waals surface area contributed by atoms with Crippen molar-refractivity contribution in [1.29, 1.82) is 5.26 Å². The number of anilines is 4. The molecule has 5 heterocycles. The average Bonchev–Trinajstić information content (AvgIpc) is 3.56. The van der Waals surface area contributed by atoms with Gasteiger partial charge in [0.2, 0.25) is 11.8 Å². The van der Waals surface area contributed by atoms with E-state index in [1.165, 1.54) is 6.07 Å². The van der Waals surface area contributed by atoms with Gasteiger partial charge < -0.3 is 24.9 Å². The van der Waals surface area contributed by atoms with Crippen LogP contribution in [0.5, 0.6) is 0 Å². The van der Waals surface area contributed by atoms with Gasteiger partial charge in [-0.05, 0) is 117 Å². The first kappa shape index (κ1) is 40.5. The van der Waals surface area contributed by atoms with E-state index in [1.54, 1.807) is 12.1 Å². The molecule has 5 saturated heterocycles. The molecule has 312 valence electrons. The molecule has 3 amide bonds. The topological polar surface area (TPSA) is 115 Å². The molecule has 5 aliphatic rings. The minimum absolute atomic E-state index is 0.0192. The van der Waals surface area contributed by atoms with Crippen molar-refractivity contribution in [3.63, 3.8) is 0 Å². The number of benzene rings is 3. The van der Waals surface area contributed by atoms with Crippen LogP contribution in [0.15, 0.2) is 66.7 Å². The summed E-state index contributed by atoms with van der Waals surface area (Å²) in [5.41, 5.74) is 3.09. The second-order valence-corrected chi connectivity index (χ2v) is 17.3. The van der Waals surface area contributed by atoms with Gasteiger partial charge >= 0.3 is 6.18 Å². The van der Waals surface area contributed by atoms with Gasteiger partial charge in [0.15, 0.2) is 0 Å². The van der Waals surface area contributed by atoms with Gasteiger partial charge in [0.1, 0.15) is 6.04 Å². The summed E-state index contributed by atoms with van der Waals surface area (Å²) >= 11 is 0. The van der Waals surface area contributed by atoms with Gasteiger partial charge in [0.05, 0.1) is 17.2 Å². The number of piperazine rings is 1. The molecule has 0 aromatic heterocycles. The molecule has 59 heavy (non-hydrogen) atoms. The molecule has 0 saturated carbocycles. The fourth-order valence-electron chi connectivity index (χ4n) is 10.0. The number of halogens is 3. The number of carbonyl (C=O) groups is 3. The van der Waals surface area contributed by atoms with E-state index in [9.17, 15) is 32.8 Å². The predicted octanol–water partition coefficient (Wildman–Crippen LogP) is 6.35. The number of nitrogens with one attached hydrogen (secondary N) is 2. The number of amides is 3. The first-order valence-electron chi connectivity index (χ1n) is 21.1. The summed E-state index contributed by atoms with van der Waals surface area (Å²) in [5, 5.41) is 14.9. The Morgan fingerprint density at radius 1 is 0.864 bits per heavy atom. The van der Waals surface area contributed by atoms with E-state index in [-0.39, 0.29) is 34.7 Å². The number of alkyl halides is 3. The standard InChI is InChI=1S/C45H53F3N8O3/c1-31-27-44(30-56(31)38-10-7-34(28-49)39(26-38)45(46,47)48)15-19-53(20-16-44)36-8-5-33(6-9-36)43(59)55-17-13-32(14-18-55)29-52-21-23-54(24-22-52)37-4-2-3-35(25-37)50-40-11-12-41(57)51-42(40)58/h2-10,25-26,31-32,40,50H,11-24,27,29-30H2,1H3,(H,51,57,58)/t31-,40?/m1/s1. The Morgan fingerprint density at radius 2 is 1.56 bits per heavy atom. The Balaban J connectivity index is 0.769. The van der Waals surface area contributed by atoms with E-state index in [2.05, 4.69) is 49.3 Å². The fraction of sp³-hybridized carbons (Fsp3) is 0.511. The number of hydrogen-bond acceptors (Lipinski definition) is 9. The summed E-state index contributed by atoms with van der Waals surface area (Å²) in [7, 11) is 0. The Labute approximate surface area is 344 Å². The zero-order valence-corrected chi connectivity index (χ0v) is 33.6. The molecular weight excluding hydrogens is 758 g/mol. The maximum absolute atomic E-state index is 13.7. The van der Waals surface area contributed by atoms with Crippen molar-refractivity contribution in [2.75, 3.05) is 85.5 Å². The molecule has 3 aromatic rings. The van der Waals surface area contributed by atoms with Gasteiger partial charge in [0, 0.05) is 106 Å². The average molecular weight is 811 g/mol. The van der Waals surface area contributed by atoms with Crippen LogP contribution in [-0.2, 0) is 15.8 Å². The summed E-state index contributed by atoms with van der Waals surface area (Å²) in [4.78, 5) is 48.6. The molecule has 14 heteroatoms. The largest absolute Gasteiger partial charge is 0.417 e. The van der Waals surface area contributed by atoms with E-state index < -0.39 is 17.8 Å². The third-order valence-electron chi connectivity index (χ3n) is 13.4. The van der Waals surface area contributed by atoms with Gasteiger partial charge in [-0.2, -0.15) is 18.4 Å². The third-order valence-corrected chi connectivity index (χ3v) is 13.4. The number of hydrogen-bond donors (Lipinski definition) is 2. The van der Waals surface area contributed by atoms with Crippen LogP contribution in [0.2, 0.25) is 0 Å². The lowest BCUT2D eigenvalue weighted by Gasteiger charge is -2.40. The Hall–Kier alpha value is -5.29. The molecule has 0 bridgehead atoms. The van der Waals surface area contributed by atoms with Gasteiger partial charge in [-0.25, -0.2) is 0 Å². The summed E-state index contributed by atoms with van der Waals surface area (Å²) < 4.78 is 41.1. The number of nitrogens with zero attached hydrogens (tertiary/aromatic N) is 6. The monoisotopic (exact) mass is 810 g/mol. The molecule has 0 radical (unpaired) electrons. The van der Waals surface area contributed by atoms with Crippen LogP contribution in [0.1, 0.15) is 73.4 Å². The number of carbonyl (C=O) groups excluding carboxylic acids is 3. The van der Waals surface area contributed by atoms with E-state index in [0.29, 0.717) is 36.6 Å². The van der Waals surface area contributed by atoms with E-state index in [0.717, 1.165) is 114 Å². The lowest BCUT2D eigenvalue weighted by Crippen LogP contribution is -2.49. The molecule has 1 spiro atoms. The second kappa shape index (κ2) is 16.8. The number of nitriles is 1. The van der Waals surface area contributed by atoms with Crippen molar-refractivity contribution in [2.24, 2.45) is 11.3 Å². The highest BCUT2D eigenvalue weighted by Gasteiger charge is 2.45. The predicted molar refractivity (Wildman–Crippen MR) is 221 cm³/mol. The van der Waals surface area contributed by atoms with Crippen LogP contribution in [-0.4, -0.2) is 105 Å². The van der Waals surface area contributed by atoms with Crippen molar-refractivity contribution < 1.29 is 27.6 Å². The van der Waals surface area contributed by atoms with E-state index >= 15 is 0 Å². The molecule has 2 atom stereocenters. The first-order valence-corrected chi connectivity index (χ1v) is 21.1. The molecule has 2 N–H and O–H groups in total. The molecule has 11 nitrogen and oxygen atoms in total. The highest BCUT2D eigenvalue weighted by Crippen LogP contribution is 2.46. The smallest absolute Gasteiger partial charge is 0.374 e. The molecule has 5 aliphatic heterocycles. The first-order chi connectivity index (χ1) is 28.4. The van der Waals surface area contributed by atoms with Gasteiger partial charge in [-0.1, -0.05) is 6.07 Å². The van der Waals surface area contributed by atoms with Crippen molar-refractivity contribution >= 4 is 40.5 Å². The maximum atomic E-state index is 13.7. The van der Waals surface area contributed by atoms with Gasteiger partial charge in [-0.15, -0.1) is 0 Å². The van der Waals surface area contributed by atoms with Crippen molar-refractivity contribution in [3.05, 3.63) is 83.4 Å². The molecule has 1 unspecified atom stereocenters. The Bertz CT molecular complexity index is 2060. The zero-order chi connectivity index (χ0) is 41.3. The SMILES string of the molecule is C[C@@H]1CC2(CCN(c3ccc(C(=O)N4CCC(CN5CCN(c6cccc(NC7CCC(=O)NC7=O)c6)CC5)CC4)cc3)CC2)CN1c1ccc(C#N)c(C(F)(F)F)c1. The minimum Gasteiger partial charge on any atom is -0.374 e. The fourth-order valence-corrected chi connectivity index (χ4v) is 10.0. The maximum Gasteiger partial charge on any atom is 0.417 e. The summed E-state index contributed by atoms with van der Waals surface area (Å²) in [5.74, 6) is 0.133. The molecule has 0 aliphatic carbocycles. The molecule has 5 fully saturated rings. The van der Waals surface area contributed by atoms with Gasteiger partial charge in [-0.3, -0.25) is 24.6 Å². The molecule has 8 rings (SSSR count). The van der Waals surface area contributed by atoms with Crippen LogP contribution in [0.3, 0.4) is 0 Å². The summed E-state index contributed by atoms with van der Waals surface area (Å²) in [6.07, 6.45) is 0.995. The van der Waals surface area contributed by atoms with Crippen molar-refractivity contribution in [1.82, 2.24) is 15.1 Å². The third kappa shape index (κ3) is 9.00. The highest BCUT2D eigenvalue weighted by atomic mass is 19.4. The quantitative estimate of drug-likeness (QED) is 0.251. The zero-order valence-electron chi connectivity index (χ0n) is 33.6. The lowest BCUT2D eigenvalue weighted by molar-refractivity contribution is -0.138. The molecular formula is C45H53F3N8O3. The van der Waals surface area contributed by atoms with Crippen LogP contribution in [0, 0.1) is 22.7 Å². The Morgan fingerprint density at radius 3 is 2.24 bits per heavy atom. The van der Waals surface area contributed by atoms with E-state index in [1.807, 2.05) is 41.3 Å². The lowest BCUT2D eigenvalue weighted by atomic mass is 9.76. The number of likely N-dealkylation sites (tertiary alicyclic amines) is 1. The number of rotatable bonds is 8. The van der Waals surface area contributed by atoms with Crippen LogP contribution >= 0.6 is 0 Å². The summed E-state index contributed by atoms with van der Waals surface area (Å²) in [6, 6.07) is 21.5. The van der Waals surface area contributed by atoms with Crippen molar-refractivity contribution in [2.45, 2.75) is 70.1 Å².